The number of carbonyl (C=O) groups excluding carboxylic acids is 1. The van der Waals surface area contributed by atoms with E-state index in [9.17, 15) is 4.79 Å². The zero-order valence-electron chi connectivity index (χ0n) is 15.3. The van der Waals surface area contributed by atoms with E-state index >= 15 is 0 Å². The van der Waals surface area contributed by atoms with Crippen LogP contribution in [0.25, 0.3) is 0 Å². The maximum Gasteiger partial charge on any atom is 0.410 e. The highest BCUT2D eigenvalue weighted by molar-refractivity contribution is 7.10. The van der Waals surface area contributed by atoms with Gasteiger partial charge >= 0.3 is 6.09 Å². The summed E-state index contributed by atoms with van der Waals surface area (Å²) in [5.74, 6) is 0. The molecular formula is C20H26N2O3S. The molecule has 1 aliphatic heterocycles. The first kappa shape index (κ1) is 18.9. The summed E-state index contributed by atoms with van der Waals surface area (Å²) in [5.41, 5.74) is 2.30. The summed E-state index contributed by atoms with van der Waals surface area (Å²) in [4.78, 5) is 15.4. The monoisotopic (exact) mass is 374 g/mol. The summed E-state index contributed by atoms with van der Waals surface area (Å²) < 4.78 is 11.2. The Morgan fingerprint density at radius 2 is 2.19 bits per heavy atom. The van der Waals surface area contributed by atoms with E-state index in [1.165, 1.54) is 10.4 Å². The molecule has 2 aromatic rings. The van der Waals surface area contributed by atoms with Crippen LogP contribution in [0.4, 0.5) is 4.79 Å². The van der Waals surface area contributed by atoms with Gasteiger partial charge in [-0.1, -0.05) is 30.3 Å². The molecule has 1 amide bonds. The number of aryl methyl sites for hydroxylation is 1. The number of thiophene rings is 1. The molecule has 6 heteroatoms. The second-order valence-corrected chi connectivity index (χ2v) is 7.52. The van der Waals surface area contributed by atoms with Crippen molar-refractivity contribution in [1.29, 1.82) is 0 Å². The quantitative estimate of drug-likeness (QED) is 0.837. The highest BCUT2D eigenvalue weighted by atomic mass is 32.1. The molecule has 5 nitrogen and oxygen atoms in total. The molecule has 0 bridgehead atoms. The molecule has 2 heterocycles. The number of hydrogen-bond acceptors (Lipinski definition) is 5. The lowest BCUT2D eigenvalue weighted by molar-refractivity contribution is -0.0278. The van der Waals surface area contributed by atoms with E-state index in [4.69, 9.17) is 9.47 Å². The third-order valence-corrected chi connectivity index (χ3v) is 5.75. The van der Waals surface area contributed by atoms with Crippen LogP contribution in [0.5, 0.6) is 0 Å². The second-order valence-electron chi connectivity index (χ2n) is 6.58. The van der Waals surface area contributed by atoms with Crippen molar-refractivity contribution in [3.63, 3.8) is 0 Å². The molecule has 1 saturated heterocycles. The number of ether oxygens (including phenoxy) is 2. The zero-order valence-corrected chi connectivity index (χ0v) is 16.1. The number of amides is 1. The van der Waals surface area contributed by atoms with Crippen molar-refractivity contribution in [1.82, 2.24) is 10.2 Å². The SMILES string of the molecule is Cc1ccsc1C(C)NCC1CN(C(=O)OCc2ccccc2)CCO1. The van der Waals surface area contributed by atoms with Crippen molar-refractivity contribution < 1.29 is 14.3 Å². The van der Waals surface area contributed by atoms with E-state index in [-0.39, 0.29) is 18.2 Å². The minimum Gasteiger partial charge on any atom is -0.445 e. The van der Waals surface area contributed by atoms with Gasteiger partial charge < -0.3 is 19.7 Å². The maximum atomic E-state index is 12.3. The molecule has 3 rings (SSSR count). The highest BCUT2D eigenvalue weighted by Crippen LogP contribution is 2.23. The van der Waals surface area contributed by atoms with E-state index < -0.39 is 0 Å². The fraction of sp³-hybridized carbons (Fsp3) is 0.450. The number of hydrogen-bond donors (Lipinski definition) is 1. The van der Waals surface area contributed by atoms with E-state index in [1.54, 1.807) is 16.2 Å². The van der Waals surface area contributed by atoms with Crippen molar-refractivity contribution in [3.05, 3.63) is 57.8 Å². The van der Waals surface area contributed by atoms with E-state index in [0.717, 1.165) is 5.56 Å². The van der Waals surface area contributed by atoms with Gasteiger partial charge in [0.1, 0.15) is 6.61 Å². The number of nitrogens with one attached hydrogen (secondary N) is 1. The Kier molecular flexibility index (Phi) is 6.66. The van der Waals surface area contributed by atoms with Crippen LogP contribution < -0.4 is 5.32 Å². The fourth-order valence-corrected chi connectivity index (χ4v) is 4.01. The summed E-state index contributed by atoms with van der Waals surface area (Å²) in [6.07, 6.45) is -0.292. The average Bonchev–Trinajstić information content (AvgIpc) is 3.11. The zero-order chi connectivity index (χ0) is 18.4. The summed E-state index contributed by atoms with van der Waals surface area (Å²) >= 11 is 1.77. The Hall–Kier alpha value is -1.89. The summed E-state index contributed by atoms with van der Waals surface area (Å²) in [6.45, 7) is 6.97. The predicted octanol–water partition coefficient (Wildman–Crippen LogP) is 3.74. The standard InChI is InChI=1S/C20H26N2O3S/c1-15-8-11-26-19(15)16(2)21-12-18-13-22(9-10-24-18)20(23)25-14-17-6-4-3-5-7-17/h3-8,11,16,18,21H,9-10,12-14H2,1-2H3. The van der Waals surface area contributed by atoms with Crippen molar-refractivity contribution >= 4 is 17.4 Å². The Morgan fingerprint density at radius 3 is 2.92 bits per heavy atom. The van der Waals surface area contributed by atoms with Crippen LogP contribution in [0.2, 0.25) is 0 Å². The molecule has 1 aliphatic rings. The molecule has 1 aromatic carbocycles. The smallest absolute Gasteiger partial charge is 0.410 e. The molecule has 0 spiro atoms. The van der Waals surface area contributed by atoms with Gasteiger partial charge in [0.15, 0.2) is 0 Å². The lowest BCUT2D eigenvalue weighted by Gasteiger charge is -2.33. The van der Waals surface area contributed by atoms with Crippen molar-refractivity contribution in [3.8, 4) is 0 Å². The Labute approximate surface area is 158 Å². The molecule has 0 aliphatic carbocycles. The maximum absolute atomic E-state index is 12.3. The molecular weight excluding hydrogens is 348 g/mol. The Balaban J connectivity index is 1.44. The second kappa shape index (κ2) is 9.16. The lowest BCUT2D eigenvalue weighted by Crippen LogP contribution is -2.49. The number of benzene rings is 1. The van der Waals surface area contributed by atoms with Gasteiger partial charge in [-0.2, -0.15) is 0 Å². The van der Waals surface area contributed by atoms with Crippen LogP contribution in [0.3, 0.4) is 0 Å². The van der Waals surface area contributed by atoms with Crippen LogP contribution >= 0.6 is 11.3 Å². The van der Waals surface area contributed by atoms with Gasteiger partial charge in [0, 0.05) is 24.0 Å². The van der Waals surface area contributed by atoms with Gasteiger partial charge in [-0.25, -0.2) is 4.79 Å². The summed E-state index contributed by atoms with van der Waals surface area (Å²) in [7, 11) is 0. The van der Waals surface area contributed by atoms with Crippen LogP contribution in [0, 0.1) is 6.92 Å². The molecule has 2 atom stereocenters. The van der Waals surface area contributed by atoms with Crippen LogP contribution in [-0.4, -0.2) is 43.3 Å². The minimum absolute atomic E-state index is 0.0178. The minimum atomic E-state index is -0.274. The molecule has 1 N–H and O–H groups in total. The molecule has 2 unspecified atom stereocenters. The average molecular weight is 375 g/mol. The van der Waals surface area contributed by atoms with Gasteiger partial charge in [0.2, 0.25) is 0 Å². The van der Waals surface area contributed by atoms with E-state index in [1.807, 2.05) is 30.3 Å². The Morgan fingerprint density at radius 1 is 1.38 bits per heavy atom. The van der Waals surface area contributed by atoms with Gasteiger partial charge in [-0.05, 0) is 36.4 Å². The first-order valence-electron chi connectivity index (χ1n) is 8.98. The van der Waals surface area contributed by atoms with Gasteiger partial charge in [0.25, 0.3) is 0 Å². The van der Waals surface area contributed by atoms with Crippen LogP contribution in [0.15, 0.2) is 41.8 Å². The number of rotatable bonds is 6. The lowest BCUT2D eigenvalue weighted by atomic mass is 10.2. The van der Waals surface area contributed by atoms with Crippen molar-refractivity contribution in [2.45, 2.75) is 32.6 Å². The van der Waals surface area contributed by atoms with Crippen LogP contribution in [-0.2, 0) is 16.1 Å². The summed E-state index contributed by atoms with van der Waals surface area (Å²) in [5, 5.41) is 5.64. The highest BCUT2D eigenvalue weighted by Gasteiger charge is 2.25. The third kappa shape index (κ3) is 5.06. The van der Waals surface area contributed by atoms with Crippen LogP contribution in [0.1, 0.15) is 29.0 Å². The normalized spacial score (nSPS) is 18.5. The molecule has 1 fully saturated rings. The molecule has 26 heavy (non-hydrogen) atoms. The topological polar surface area (TPSA) is 50.8 Å². The largest absolute Gasteiger partial charge is 0.445 e. The summed E-state index contributed by atoms with van der Waals surface area (Å²) in [6, 6.07) is 12.1. The number of morpholine rings is 1. The number of nitrogens with zero attached hydrogens (tertiary/aromatic N) is 1. The molecule has 1 aromatic heterocycles. The van der Waals surface area contributed by atoms with Gasteiger partial charge in [0.05, 0.1) is 19.3 Å². The number of carbonyl (C=O) groups is 1. The van der Waals surface area contributed by atoms with Crippen molar-refractivity contribution in [2.24, 2.45) is 0 Å². The van der Waals surface area contributed by atoms with Crippen molar-refractivity contribution in [2.75, 3.05) is 26.2 Å². The van der Waals surface area contributed by atoms with Gasteiger partial charge in [-0.15, -0.1) is 11.3 Å². The van der Waals surface area contributed by atoms with E-state index in [2.05, 4.69) is 30.6 Å². The molecule has 140 valence electrons. The fourth-order valence-electron chi connectivity index (χ4n) is 3.05. The van der Waals surface area contributed by atoms with Gasteiger partial charge in [-0.3, -0.25) is 0 Å². The third-order valence-electron chi connectivity index (χ3n) is 4.55. The Bertz CT molecular complexity index is 704. The molecule has 0 radical (unpaired) electrons. The predicted molar refractivity (Wildman–Crippen MR) is 103 cm³/mol. The van der Waals surface area contributed by atoms with E-state index in [0.29, 0.717) is 32.8 Å². The first-order chi connectivity index (χ1) is 12.6. The first-order valence-corrected chi connectivity index (χ1v) is 9.86. The molecule has 0 saturated carbocycles.